The lowest BCUT2D eigenvalue weighted by Crippen LogP contribution is -2.47. The number of benzene rings is 1. The van der Waals surface area contributed by atoms with Gasteiger partial charge < -0.3 is 19.3 Å². The van der Waals surface area contributed by atoms with E-state index in [1.807, 2.05) is 22.8 Å². The van der Waals surface area contributed by atoms with E-state index in [0.29, 0.717) is 12.4 Å². The first-order chi connectivity index (χ1) is 14.7. The first kappa shape index (κ1) is 20.2. The van der Waals surface area contributed by atoms with Crippen LogP contribution in [0.4, 0.5) is 5.69 Å². The topological polar surface area (TPSA) is 90.4 Å². The minimum Gasteiger partial charge on any atom is -0.509 e. The van der Waals surface area contributed by atoms with Crippen molar-refractivity contribution in [3.63, 3.8) is 0 Å². The summed E-state index contributed by atoms with van der Waals surface area (Å²) in [6, 6.07) is 10.2. The minimum absolute atomic E-state index is 0.0757. The summed E-state index contributed by atoms with van der Waals surface area (Å²) in [4.78, 5) is 4.48. The molecule has 0 atom stereocenters. The molecule has 1 saturated heterocycles. The van der Waals surface area contributed by atoms with E-state index >= 15 is 0 Å². The molecule has 1 fully saturated rings. The molecule has 0 unspecified atom stereocenters. The Bertz CT molecular complexity index is 953. The molecule has 0 aliphatic carbocycles. The smallest absolute Gasteiger partial charge is 0.178 e. The van der Waals surface area contributed by atoms with Crippen LogP contribution < -0.4 is 9.64 Å². The van der Waals surface area contributed by atoms with Gasteiger partial charge >= 0.3 is 0 Å². The largest absolute Gasteiger partial charge is 0.509 e. The number of aromatic nitrogens is 3. The molecule has 0 spiro atoms. The number of nitriles is 1. The minimum atomic E-state index is 0.0757. The molecule has 158 valence electrons. The molecule has 1 N–H and O–H groups in total. The third-order valence-corrected chi connectivity index (χ3v) is 5.90. The molecule has 8 nitrogen and oxygen atoms in total. The molecule has 0 amide bonds. The van der Waals surface area contributed by atoms with E-state index < -0.39 is 0 Å². The van der Waals surface area contributed by atoms with Crippen LogP contribution in [0.5, 0.6) is 5.75 Å². The third kappa shape index (κ3) is 4.26. The average molecular weight is 409 g/mol. The average Bonchev–Trinajstić information content (AvgIpc) is 3.02. The van der Waals surface area contributed by atoms with Gasteiger partial charge in [0.25, 0.3) is 0 Å². The number of nitrogens with zero attached hydrogens (tertiary/aromatic N) is 6. The predicted molar refractivity (Wildman–Crippen MR) is 114 cm³/mol. The van der Waals surface area contributed by atoms with Gasteiger partial charge in [-0.1, -0.05) is 12.5 Å². The Hall–Kier alpha value is -3.05. The van der Waals surface area contributed by atoms with E-state index in [4.69, 9.17) is 4.74 Å². The van der Waals surface area contributed by atoms with Crippen molar-refractivity contribution in [2.24, 2.45) is 0 Å². The molecule has 0 bridgehead atoms. The first-order valence-corrected chi connectivity index (χ1v) is 10.6. The van der Waals surface area contributed by atoms with Crippen molar-refractivity contribution in [1.82, 2.24) is 19.7 Å². The number of aliphatic hydroxyl groups is 1. The molecule has 1 aromatic heterocycles. The van der Waals surface area contributed by atoms with Crippen molar-refractivity contribution in [2.45, 2.75) is 32.2 Å². The molecular formula is C22H28N6O2. The summed E-state index contributed by atoms with van der Waals surface area (Å²) in [5.74, 6) is 2.34. The normalized spacial score (nSPS) is 18.2. The molecule has 2 aliphatic heterocycles. The lowest BCUT2D eigenvalue weighted by molar-refractivity contribution is 0.238. The maximum Gasteiger partial charge on any atom is 0.178 e. The van der Waals surface area contributed by atoms with Crippen molar-refractivity contribution in [3.05, 3.63) is 41.7 Å². The molecule has 4 rings (SSSR count). The summed E-state index contributed by atoms with van der Waals surface area (Å²) in [6.45, 7) is 4.45. The summed E-state index contributed by atoms with van der Waals surface area (Å²) in [6.07, 6.45) is 4.16. The highest BCUT2D eigenvalue weighted by Gasteiger charge is 2.23. The highest BCUT2D eigenvalue weighted by Crippen LogP contribution is 2.24. The van der Waals surface area contributed by atoms with Gasteiger partial charge in [-0.05, 0) is 25.0 Å². The van der Waals surface area contributed by atoms with Crippen LogP contribution >= 0.6 is 0 Å². The summed E-state index contributed by atoms with van der Waals surface area (Å²) in [5.41, 5.74) is 1.38. The number of piperazine rings is 1. The van der Waals surface area contributed by atoms with Gasteiger partial charge in [0.1, 0.15) is 29.0 Å². The van der Waals surface area contributed by atoms with Gasteiger partial charge in [0.05, 0.1) is 13.7 Å². The number of hydrogen-bond acceptors (Lipinski definition) is 7. The van der Waals surface area contributed by atoms with Crippen LogP contribution in [0.15, 0.2) is 30.0 Å². The second kappa shape index (κ2) is 9.18. The monoisotopic (exact) mass is 408 g/mol. The summed E-state index contributed by atoms with van der Waals surface area (Å²) in [5, 5.41) is 29.0. The van der Waals surface area contributed by atoms with Crippen molar-refractivity contribution in [2.75, 3.05) is 44.7 Å². The summed E-state index contributed by atoms with van der Waals surface area (Å²) in [7, 11) is 1.67. The van der Waals surface area contributed by atoms with Gasteiger partial charge in [0.2, 0.25) is 0 Å². The van der Waals surface area contributed by atoms with Crippen LogP contribution in [-0.2, 0) is 13.0 Å². The van der Waals surface area contributed by atoms with Crippen LogP contribution in [0.2, 0.25) is 0 Å². The maximum atomic E-state index is 10.8. The number of methoxy groups -OCH3 is 1. The fourth-order valence-corrected chi connectivity index (χ4v) is 4.18. The maximum absolute atomic E-state index is 10.8. The Morgan fingerprint density at radius 1 is 1.13 bits per heavy atom. The number of rotatable bonds is 5. The first-order valence-electron chi connectivity index (χ1n) is 10.6. The van der Waals surface area contributed by atoms with Crippen molar-refractivity contribution in [3.8, 4) is 11.8 Å². The van der Waals surface area contributed by atoms with Gasteiger partial charge in [-0.2, -0.15) is 5.26 Å². The van der Waals surface area contributed by atoms with Crippen molar-refractivity contribution in [1.29, 1.82) is 5.26 Å². The number of ether oxygens (including phenoxy) is 1. The molecule has 8 heteroatoms. The van der Waals surface area contributed by atoms with Gasteiger partial charge in [-0.25, -0.2) is 0 Å². The molecule has 0 radical (unpaired) electrons. The Morgan fingerprint density at radius 2 is 1.97 bits per heavy atom. The molecule has 0 saturated carbocycles. The van der Waals surface area contributed by atoms with E-state index in [1.54, 1.807) is 7.11 Å². The van der Waals surface area contributed by atoms with E-state index in [0.717, 1.165) is 75.7 Å². The van der Waals surface area contributed by atoms with Gasteiger partial charge in [-0.3, -0.25) is 4.90 Å². The van der Waals surface area contributed by atoms with E-state index in [-0.39, 0.29) is 11.3 Å². The van der Waals surface area contributed by atoms with Crippen molar-refractivity contribution >= 4 is 11.3 Å². The Kier molecular flexibility index (Phi) is 6.19. The Labute approximate surface area is 177 Å². The third-order valence-electron chi connectivity index (χ3n) is 5.90. The molecule has 3 heterocycles. The Balaban J connectivity index is 1.43. The quantitative estimate of drug-likeness (QED) is 0.601. The molecule has 1 aromatic carbocycles. The van der Waals surface area contributed by atoms with Gasteiger partial charge in [0.15, 0.2) is 5.82 Å². The molecule has 2 aromatic rings. The van der Waals surface area contributed by atoms with E-state index in [1.165, 1.54) is 0 Å². The van der Waals surface area contributed by atoms with E-state index in [2.05, 4.69) is 32.1 Å². The van der Waals surface area contributed by atoms with E-state index in [9.17, 15) is 10.4 Å². The molecular weight excluding hydrogens is 380 g/mol. The summed E-state index contributed by atoms with van der Waals surface area (Å²) < 4.78 is 7.32. The summed E-state index contributed by atoms with van der Waals surface area (Å²) >= 11 is 0. The SMILES string of the molecule is COc1cccc(N2CCN(C/C(O)=C(\C#N)c3nnc4n3CCCCC4)CC2)c1. The van der Waals surface area contributed by atoms with Crippen LogP contribution in [-0.4, -0.2) is 64.6 Å². The molecule has 2 aliphatic rings. The second-order valence-electron chi connectivity index (χ2n) is 7.80. The zero-order valence-corrected chi connectivity index (χ0v) is 17.4. The second-order valence-corrected chi connectivity index (χ2v) is 7.80. The van der Waals surface area contributed by atoms with Gasteiger partial charge in [-0.15, -0.1) is 10.2 Å². The zero-order valence-electron chi connectivity index (χ0n) is 17.4. The van der Waals surface area contributed by atoms with Crippen LogP contribution in [0.1, 0.15) is 30.9 Å². The number of allylic oxidation sites excluding steroid dienone is 1. The van der Waals surface area contributed by atoms with Crippen LogP contribution in [0, 0.1) is 11.3 Å². The fraction of sp³-hybridized carbons (Fsp3) is 0.500. The highest BCUT2D eigenvalue weighted by molar-refractivity contribution is 5.74. The number of fused-ring (bicyclic) bond motifs is 1. The van der Waals surface area contributed by atoms with Crippen LogP contribution in [0.25, 0.3) is 5.57 Å². The number of hydrogen-bond donors (Lipinski definition) is 1. The fourth-order valence-electron chi connectivity index (χ4n) is 4.18. The predicted octanol–water partition coefficient (Wildman–Crippen LogP) is 2.63. The number of anilines is 1. The highest BCUT2D eigenvalue weighted by atomic mass is 16.5. The number of aliphatic hydroxyl groups excluding tert-OH is 1. The standard InChI is InChI=1S/C22H28N6O2/c1-30-18-7-5-6-17(14-18)27-12-10-26(11-13-27)16-20(29)19(15-23)22-25-24-21-8-3-2-4-9-28(21)22/h5-7,14,29H,2-4,8-13,16H2,1H3/b20-19-. The van der Waals surface area contributed by atoms with Crippen molar-refractivity contribution < 1.29 is 9.84 Å². The van der Waals surface area contributed by atoms with Gasteiger partial charge in [0, 0.05) is 50.9 Å². The molecule has 30 heavy (non-hydrogen) atoms. The Morgan fingerprint density at radius 3 is 2.73 bits per heavy atom. The number of aryl methyl sites for hydroxylation is 1. The van der Waals surface area contributed by atoms with Crippen LogP contribution in [0.3, 0.4) is 0 Å². The lowest BCUT2D eigenvalue weighted by Gasteiger charge is -2.36. The zero-order chi connectivity index (χ0) is 20.9. The lowest BCUT2D eigenvalue weighted by atomic mass is 10.2.